The number of halogens is 1. The molecule has 0 saturated carbocycles. The molecule has 1 heterocycles. The van der Waals surface area contributed by atoms with Crippen LogP contribution in [0.1, 0.15) is 29.2 Å². The molecular weight excluding hydrogens is 384 g/mol. The van der Waals surface area contributed by atoms with Crippen LogP contribution in [0.25, 0.3) is 0 Å². The topological polar surface area (TPSA) is 58.6 Å². The average molecular weight is 409 g/mol. The Bertz CT molecular complexity index is 917. The summed E-state index contributed by atoms with van der Waals surface area (Å²) >= 11 is 0. The lowest BCUT2D eigenvalue weighted by molar-refractivity contribution is 0.264. The second-order valence-electron chi connectivity index (χ2n) is 6.86. The van der Waals surface area contributed by atoms with E-state index in [0.29, 0.717) is 24.5 Å². The number of nitrogens with zero attached hydrogens (tertiary/aromatic N) is 1. The number of hydrogen-bond acceptors (Lipinski definition) is 4. The van der Waals surface area contributed by atoms with Gasteiger partial charge in [-0.1, -0.05) is 24.3 Å². The summed E-state index contributed by atoms with van der Waals surface area (Å²) in [5.74, 6) is 0.718. The predicted octanol–water partition coefficient (Wildman–Crippen LogP) is 2.94. The smallest absolute Gasteiger partial charge is 0.243 e. The molecule has 0 aromatic heterocycles. The first-order valence-electron chi connectivity index (χ1n) is 9.08. The van der Waals surface area contributed by atoms with Crippen molar-refractivity contribution in [3.8, 4) is 5.75 Å². The summed E-state index contributed by atoms with van der Waals surface area (Å²) in [6.45, 7) is 1.67. The molecule has 5 nitrogen and oxygen atoms in total. The molecule has 1 N–H and O–H groups in total. The second-order valence-corrected chi connectivity index (χ2v) is 8.75. The van der Waals surface area contributed by atoms with Crippen LogP contribution in [0.2, 0.25) is 0 Å². The highest BCUT2D eigenvalue weighted by Crippen LogP contribution is 2.35. The first-order chi connectivity index (χ1) is 12.6. The number of nitrogens with one attached hydrogen (secondary N) is 1. The van der Waals surface area contributed by atoms with Gasteiger partial charge < -0.3 is 10.1 Å². The van der Waals surface area contributed by atoms with Gasteiger partial charge in [0.15, 0.2) is 0 Å². The van der Waals surface area contributed by atoms with Gasteiger partial charge in [0.25, 0.3) is 0 Å². The lowest BCUT2D eigenvalue weighted by Gasteiger charge is -2.36. The Morgan fingerprint density at radius 1 is 1.11 bits per heavy atom. The van der Waals surface area contributed by atoms with Gasteiger partial charge in [-0.05, 0) is 48.6 Å². The molecule has 0 spiro atoms. The van der Waals surface area contributed by atoms with Gasteiger partial charge in [-0.2, -0.15) is 4.31 Å². The van der Waals surface area contributed by atoms with Crippen molar-refractivity contribution in [3.05, 3.63) is 59.2 Å². The third-order valence-corrected chi connectivity index (χ3v) is 7.27. The van der Waals surface area contributed by atoms with Crippen molar-refractivity contribution < 1.29 is 13.2 Å². The molecule has 146 valence electrons. The summed E-state index contributed by atoms with van der Waals surface area (Å²) in [5, 5.41) is 3.32. The predicted molar refractivity (Wildman–Crippen MR) is 108 cm³/mol. The van der Waals surface area contributed by atoms with Crippen LogP contribution in [0, 0.1) is 0 Å². The maximum atomic E-state index is 13.4. The number of rotatable bonds is 4. The number of piperazine rings is 1. The lowest BCUT2D eigenvalue weighted by Crippen LogP contribution is -2.48. The van der Waals surface area contributed by atoms with Gasteiger partial charge in [0, 0.05) is 25.2 Å². The van der Waals surface area contributed by atoms with E-state index in [0.717, 1.165) is 30.6 Å². The Hall–Kier alpha value is -1.60. The number of ether oxygens (including phenoxy) is 1. The summed E-state index contributed by atoms with van der Waals surface area (Å²) in [7, 11) is -1.95. The lowest BCUT2D eigenvalue weighted by atomic mass is 10.0. The fourth-order valence-electron chi connectivity index (χ4n) is 4.02. The Morgan fingerprint density at radius 3 is 2.70 bits per heavy atom. The Labute approximate surface area is 167 Å². The largest absolute Gasteiger partial charge is 0.496 e. The molecular formula is C20H25ClN2O3S. The molecule has 7 heteroatoms. The van der Waals surface area contributed by atoms with Crippen LogP contribution in [0.5, 0.6) is 5.75 Å². The fourth-order valence-corrected chi connectivity index (χ4v) is 5.68. The molecule has 2 aromatic carbocycles. The molecule has 2 aromatic rings. The van der Waals surface area contributed by atoms with E-state index in [1.807, 2.05) is 36.4 Å². The van der Waals surface area contributed by atoms with Gasteiger partial charge >= 0.3 is 0 Å². The van der Waals surface area contributed by atoms with Crippen molar-refractivity contribution in [1.82, 2.24) is 9.62 Å². The molecule has 1 unspecified atom stereocenters. The molecule has 0 amide bonds. The monoisotopic (exact) mass is 408 g/mol. The Morgan fingerprint density at radius 2 is 1.89 bits per heavy atom. The van der Waals surface area contributed by atoms with Gasteiger partial charge in [-0.15, -0.1) is 12.4 Å². The number of methoxy groups -OCH3 is 1. The first-order valence-corrected chi connectivity index (χ1v) is 10.5. The number of sulfonamides is 1. The number of aryl methyl sites for hydroxylation is 2. The van der Waals surface area contributed by atoms with Gasteiger partial charge in [0.2, 0.25) is 10.0 Å². The summed E-state index contributed by atoms with van der Waals surface area (Å²) in [6, 6.07) is 13.0. The zero-order valence-electron chi connectivity index (χ0n) is 15.3. The van der Waals surface area contributed by atoms with Crippen molar-refractivity contribution in [2.45, 2.75) is 30.2 Å². The van der Waals surface area contributed by atoms with Crippen molar-refractivity contribution in [1.29, 1.82) is 0 Å². The normalized spacial score (nSPS) is 20.0. The zero-order valence-corrected chi connectivity index (χ0v) is 17.0. The van der Waals surface area contributed by atoms with E-state index in [1.165, 1.54) is 11.1 Å². The second kappa shape index (κ2) is 8.19. The average Bonchev–Trinajstić information content (AvgIpc) is 3.16. The molecule has 1 aliphatic carbocycles. The van der Waals surface area contributed by atoms with Gasteiger partial charge in [0.1, 0.15) is 5.75 Å². The molecule has 1 saturated heterocycles. The van der Waals surface area contributed by atoms with E-state index in [1.54, 1.807) is 17.5 Å². The van der Waals surface area contributed by atoms with Crippen molar-refractivity contribution in [2.24, 2.45) is 0 Å². The third-order valence-electron chi connectivity index (χ3n) is 5.37. The first kappa shape index (κ1) is 20.1. The minimum absolute atomic E-state index is 0. The standard InChI is InChI=1S/C20H24N2O3S.ClH/c1-25-20-8-3-2-7-18(20)19-14-21-11-12-22(19)26(23,24)17-10-9-15-5-4-6-16(15)13-17;/h2-3,7-10,13,19,21H,4-6,11-12,14H2,1H3;1H. The zero-order chi connectivity index (χ0) is 18.1. The van der Waals surface area contributed by atoms with Gasteiger partial charge in [0.05, 0.1) is 18.0 Å². The summed E-state index contributed by atoms with van der Waals surface area (Å²) < 4.78 is 34.0. The maximum Gasteiger partial charge on any atom is 0.243 e. The van der Waals surface area contributed by atoms with Gasteiger partial charge in [-0.25, -0.2) is 8.42 Å². The number of para-hydroxylation sites is 1. The summed E-state index contributed by atoms with van der Waals surface area (Å²) in [5.41, 5.74) is 3.35. The number of hydrogen-bond donors (Lipinski definition) is 1. The van der Waals surface area contributed by atoms with E-state index in [4.69, 9.17) is 4.74 Å². The van der Waals surface area contributed by atoms with E-state index < -0.39 is 10.0 Å². The Kier molecular flexibility index (Phi) is 6.11. The van der Waals surface area contributed by atoms with Crippen molar-refractivity contribution >= 4 is 22.4 Å². The van der Waals surface area contributed by atoms with Crippen LogP contribution in [0.4, 0.5) is 0 Å². The van der Waals surface area contributed by atoms with Gasteiger partial charge in [-0.3, -0.25) is 0 Å². The highest BCUT2D eigenvalue weighted by atomic mass is 35.5. The maximum absolute atomic E-state index is 13.4. The Balaban J connectivity index is 0.00000210. The van der Waals surface area contributed by atoms with Crippen LogP contribution in [-0.4, -0.2) is 39.5 Å². The quantitative estimate of drug-likeness (QED) is 0.845. The molecule has 1 atom stereocenters. The van der Waals surface area contributed by atoms with E-state index >= 15 is 0 Å². The van der Waals surface area contributed by atoms with Crippen molar-refractivity contribution in [3.63, 3.8) is 0 Å². The fraction of sp³-hybridized carbons (Fsp3) is 0.400. The number of benzene rings is 2. The molecule has 1 fully saturated rings. The van der Waals surface area contributed by atoms with E-state index in [-0.39, 0.29) is 18.4 Å². The van der Waals surface area contributed by atoms with Crippen molar-refractivity contribution in [2.75, 3.05) is 26.7 Å². The molecule has 2 aliphatic rings. The van der Waals surface area contributed by atoms with Crippen LogP contribution in [0.3, 0.4) is 0 Å². The minimum Gasteiger partial charge on any atom is -0.496 e. The summed E-state index contributed by atoms with van der Waals surface area (Å²) in [6.07, 6.45) is 3.12. The van der Waals surface area contributed by atoms with Crippen LogP contribution in [0.15, 0.2) is 47.4 Å². The van der Waals surface area contributed by atoms with Crippen LogP contribution >= 0.6 is 12.4 Å². The third kappa shape index (κ3) is 3.72. The highest BCUT2D eigenvalue weighted by molar-refractivity contribution is 7.89. The van der Waals surface area contributed by atoms with E-state index in [9.17, 15) is 8.42 Å². The molecule has 0 radical (unpaired) electrons. The molecule has 4 rings (SSSR count). The van der Waals surface area contributed by atoms with Crippen LogP contribution < -0.4 is 10.1 Å². The SMILES string of the molecule is COc1ccccc1C1CNCCN1S(=O)(=O)c1ccc2c(c1)CCC2.Cl. The minimum atomic E-state index is -3.57. The highest BCUT2D eigenvalue weighted by Gasteiger charge is 2.36. The molecule has 0 bridgehead atoms. The molecule has 27 heavy (non-hydrogen) atoms. The summed E-state index contributed by atoms with van der Waals surface area (Å²) in [4.78, 5) is 0.403. The van der Waals surface area contributed by atoms with Crippen LogP contribution in [-0.2, 0) is 22.9 Å². The van der Waals surface area contributed by atoms with E-state index in [2.05, 4.69) is 5.32 Å². The number of fused-ring (bicyclic) bond motifs is 1. The molecule has 1 aliphatic heterocycles.